The molecule has 1 unspecified atom stereocenters. The molecule has 5 aromatic rings. The Hall–Kier alpha value is -4.95. The molecule has 3 aromatic carbocycles. The number of ether oxygens (including phenoxy) is 4. The third kappa shape index (κ3) is 7.03. The summed E-state index contributed by atoms with van der Waals surface area (Å²) in [5.74, 6) is 2.95. The van der Waals surface area contributed by atoms with E-state index >= 15 is 0 Å². The summed E-state index contributed by atoms with van der Waals surface area (Å²) in [4.78, 5) is 15.5. The minimum absolute atomic E-state index is 0.161. The lowest BCUT2D eigenvalue weighted by molar-refractivity contribution is -0.00488. The van der Waals surface area contributed by atoms with E-state index < -0.39 is 0 Å². The molecular weight excluding hydrogens is 628 g/mol. The molecular formula is C40H44N6O4. The number of rotatable bonds is 12. The molecule has 258 valence electrons. The summed E-state index contributed by atoms with van der Waals surface area (Å²) in [5.41, 5.74) is 6.74. The van der Waals surface area contributed by atoms with Crippen LogP contribution in [0.1, 0.15) is 52.6 Å². The topological polar surface area (TPSA) is 97.9 Å². The zero-order chi connectivity index (χ0) is 34.5. The second-order valence-electron chi connectivity index (χ2n) is 12.9. The van der Waals surface area contributed by atoms with Gasteiger partial charge in [-0.1, -0.05) is 36.4 Å². The molecule has 0 radical (unpaired) electrons. The molecule has 0 amide bonds. The van der Waals surface area contributed by atoms with Gasteiger partial charge in [-0.25, -0.2) is 4.98 Å². The van der Waals surface area contributed by atoms with E-state index in [0.29, 0.717) is 31.2 Å². The third-order valence-electron chi connectivity index (χ3n) is 9.76. The van der Waals surface area contributed by atoms with Crippen molar-refractivity contribution < 1.29 is 18.9 Å². The number of aryl methyl sites for hydroxylation is 1. The van der Waals surface area contributed by atoms with Crippen LogP contribution >= 0.6 is 0 Å². The van der Waals surface area contributed by atoms with Crippen molar-refractivity contribution in [1.29, 1.82) is 5.26 Å². The average molecular weight is 673 g/mol. The van der Waals surface area contributed by atoms with Crippen LogP contribution in [0.25, 0.3) is 16.9 Å². The largest absolute Gasteiger partial charge is 0.497 e. The van der Waals surface area contributed by atoms with Crippen LogP contribution in [0, 0.1) is 18.3 Å². The maximum absolute atomic E-state index is 9.91. The fourth-order valence-corrected chi connectivity index (χ4v) is 7.18. The average Bonchev–Trinajstić information content (AvgIpc) is 3.51. The SMILES string of the molecule is COc1ccc(CN(Cc2ccccc2)c2nc(-n3c(C)cc4c(C#N)cccc43)nc3c2CCCC3OCCN2CCOCC2)c(OC)c1. The van der Waals surface area contributed by atoms with E-state index in [2.05, 4.69) is 56.8 Å². The standard InChI is InChI=1S/C40H44N6O4/c1-28-23-34-30(25-41)11-7-13-35(34)46(28)40-42-38-33(12-8-14-36(38)50-22-19-44-17-20-49-21-18-44)39(43-40)45(26-29-9-5-4-6-10-29)27-31-15-16-32(47-2)24-37(31)48-3/h4-7,9-11,13,15-16,23-24,36H,8,12,14,17-22,26-27H2,1-3H3. The molecule has 50 heavy (non-hydrogen) atoms. The number of fused-ring (bicyclic) bond motifs is 2. The van der Waals surface area contributed by atoms with Crippen molar-refractivity contribution in [2.75, 3.05) is 58.6 Å². The summed E-state index contributed by atoms with van der Waals surface area (Å²) < 4.78 is 25.7. The highest BCUT2D eigenvalue weighted by Crippen LogP contribution is 2.39. The normalized spacial score (nSPS) is 16.2. The highest BCUT2D eigenvalue weighted by molar-refractivity contribution is 5.88. The van der Waals surface area contributed by atoms with Gasteiger partial charge in [-0.15, -0.1) is 0 Å². The number of nitrogens with zero attached hydrogens (tertiary/aromatic N) is 6. The van der Waals surface area contributed by atoms with E-state index in [1.54, 1.807) is 14.2 Å². The molecule has 0 saturated carbocycles. The van der Waals surface area contributed by atoms with Crippen LogP contribution in [-0.4, -0.2) is 73.1 Å². The molecule has 0 N–H and O–H groups in total. The van der Waals surface area contributed by atoms with Gasteiger partial charge in [-0.3, -0.25) is 9.47 Å². The first kappa shape index (κ1) is 33.5. The first-order chi connectivity index (χ1) is 24.6. The Balaban J connectivity index is 1.36. The van der Waals surface area contributed by atoms with E-state index in [1.807, 2.05) is 43.3 Å². The van der Waals surface area contributed by atoms with Crippen molar-refractivity contribution >= 4 is 16.7 Å². The molecule has 1 fully saturated rings. The second-order valence-corrected chi connectivity index (χ2v) is 12.9. The highest BCUT2D eigenvalue weighted by atomic mass is 16.5. The van der Waals surface area contributed by atoms with Crippen molar-refractivity contribution in [2.24, 2.45) is 0 Å². The van der Waals surface area contributed by atoms with Crippen LogP contribution in [0.2, 0.25) is 0 Å². The van der Waals surface area contributed by atoms with E-state index in [-0.39, 0.29) is 6.10 Å². The monoisotopic (exact) mass is 672 g/mol. The summed E-state index contributed by atoms with van der Waals surface area (Å²) in [7, 11) is 3.36. The number of hydrogen-bond donors (Lipinski definition) is 0. The van der Waals surface area contributed by atoms with Gasteiger partial charge < -0.3 is 23.8 Å². The molecule has 1 aliphatic carbocycles. The van der Waals surface area contributed by atoms with Gasteiger partial charge in [0.1, 0.15) is 23.4 Å². The van der Waals surface area contributed by atoms with Gasteiger partial charge in [0.05, 0.1) is 56.9 Å². The number of anilines is 1. The number of methoxy groups -OCH3 is 2. The van der Waals surface area contributed by atoms with Gasteiger partial charge in [0, 0.05) is 61.0 Å². The van der Waals surface area contributed by atoms with Gasteiger partial charge in [0.2, 0.25) is 5.95 Å². The molecule has 3 heterocycles. The van der Waals surface area contributed by atoms with Crippen LogP contribution in [-0.2, 0) is 29.0 Å². The number of morpholine rings is 1. The molecule has 1 aliphatic heterocycles. The van der Waals surface area contributed by atoms with Crippen LogP contribution in [0.3, 0.4) is 0 Å². The molecule has 2 aliphatic rings. The zero-order valence-corrected chi connectivity index (χ0v) is 29.1. The minimum Gasteiger partial charge on any atom is -0.497 e. The Morgan fingerprint density at radius 1 is 0.960 bits per heavy atom. The smallest absolute Gasteiger partial charge is 0.236 e. The Labute approximate surface area is 293 Å². The Bertz CT molecular complexity index is 1980. The van der Waals surface area contributed by atoms with Gasteiger partial charge in [-0.2, -0.15) is 10.2 Å². The van der Waals surface area contributed by atoms with Gasteiger partial charge in [0.25, 0.3) is 0 Å². The maximum atomic E-state index is 9.91. The molecule has 10 nitrogen and oxygen atoms in total. The molecule has 10 heteroatoms. The van der Waals surface area contributed by atoms with Gasteiger partial charge >= 0.3 is 0 Å². The first-order valence-corrected chi connectivity index (χ1v) is 17.4. The summed E-state index contributed by atoms with van der Waals surface area (Å²) in [6.07, 6.45) is 2.56. The van der Waals surface area contributed by atoms with E-state index in [0.717, 1.165) is 103 Å². The maximum Gasteiger partial charge on any atom is 0.236 e. The van der Waals surface area contributed by atoms with E-state index in [4.69, 9.17) is 28.9 Å². The Morgan fingerprint density at radius 2 is 1.80 bits per heavy atom. The summed E-state index contributed by atoms with van der Waals surface area (Å²) in [6.45, 7) is 8.08. The molecule has 0 spiro atoms. The van der Waals surface area contributed by atoms with Crippen LogP contribution in [0.5, 0.6) is 11.5 Å². The summed E-state index contributed by atoms with van der Waals surface area (Å²) in [5, 5.41) is 10.8. The van der Waals surface area contributed by atoms with Crippen LogP contribution < -0.4 is 14.4 Å². The lowest BCUT2D eigenvalue weighted by atomic mass is 9.93. The molecule has 1 atom stereocenters. The van der Waals surface area contributed by atoms with Crippen molar-refractivity contribution in [3.05, 3.63) is 106 Å². The van der Waals surface area contributed by atoms with Crippen molar-refractivity contribution in [3.63, 3.8) is 0 Å². The third-order valence-corrected chi connectivity index (χ3v) is 9.76. The Morgan fingerprint density at radius 3 is 2.58 bits per heavy atom. The molecule has 0 bridgehead atoms. The van der Waals surface area contributed by atoms with Gasteiger partial charge in [-0.05, 0) is 62.1 Å². The minimum atomic E-state index is -0.161. The predicted octanol–water partition coefficient (Wildman–Crippen LogP) is 6.55. The van der Waals surface area contributed by atoms with Crippen molar-refractivity contribution in [1.82, 2.24) is 19.4 Å². The van der Waals surface area contributed by atoms with Gasteiger partial charge in [0.15, 0.2) is 0 Å². The number of hydrogen-bond acceptors (Lipinski definition) is 9. The molecule has 1 saturated heterocycles. The summed E-state index contributed by atoms with van der Waals surface area (Å²) >= 11 is 0. The fourth-order valence-electron chi connectivity index (χ4n) is 7.18. The quantitative estimate of drug-likeness (QED) is 0.146. The molecule has 2 aromatic heterocycles. The zero-order valence-electron chi connectivity index (χ0n) is 29.1. The highest BCUT2D eigenvalue weighted by Gasteiger charge is 2.30. The summed E-state index contributed by atoms with van der Waals surface area (Å²) in [6, 6.07) is 26.7. The van der Waals surface area contributed by atoms with Crippen LogP contribution in [0.4, 0.5) is 5.82 Å². The Kier molecular flexibility index (Phi) is 10.3. The number of nitriles is 1. The van der Waals surface area contributed by atoms with Crippen LogP contribution in [0.15, 0.2) is 72.8 Å². The second kappa shape index (κ2) is 15.3. The first-order valence-electron chi connectivity index (χ1n) is 17.4. The fraction of sp³-hybridized carbons (Fsp3) is 0.375. The number of aromatic nitrogens is 3. The van der Waals surface area contributed by atoms with Crippen molar-refractivity contribution in [2.45, 2.75) is 45.4 Å². The van der Waals surface area contributed by atoms with E-state index in [9.17, 15) is 5.26 Å². The lowest BCUT2D eigenvalue weighted by Gasteiger charge is -2.33. The number of benzene rings is 3. The predicted molar refractivity (Wildman–Crippen MR) is 193 cm³/mol. The van der Waals surface area contributed by atoms with Crippen molar-refractivity contribution in [3.8, 4) is 23.5 Å². The van der Waals surface area contributed by atoms with E-state index in [1.165, 1.54) is 5.56 Å². The molecule has 7 rings (SSSR count). The lowest BCUT2D eigenvalue weighted by Crippen LogP contribution is -2.38.